The molecule has 1 saturated carbocycles. The fourth-order valence-electron chi connectivity index (χ4n) is 3.58. The molecule has 0 amide bonds. The predicted octanol–water partition coefficient (Wildman–Crippen LogP) is 5.02. The number of nitrogens with zero attached hydrogens (tertiary/aromatic N) is 1. The van der Waals surface area contributed by atoms with Crippen LogP contribution in [0.15, 0.2) is 47.2 Å². The molecule has 1 atom stereocenters. The maximum Gasteiger partial charge on any atom is 0.160 e. The molecule has 3 heteroatoms. The molecule has 0 saturated heterocycles. The molecule has 4 rings (SSSR count). The fourth-order valence-corrected chi connectivity index (χ4v) is 3.58. The van der Waals surface area contributed by atoms with E-state index in [0.717, 1.165) is 28.6 Å². The summed E-state index contributed by atoms with van der Waals surface area (Å²) < 4.78 is 0. The summed E-state index contributed by atoms with van der Waals surface area (Å²) in [5, 5.41) is 12.3. The highest BCUT2D eigenvalue weighted by atomic mass is 15.2. The lowest BCUT2D eigenvalue weighted by Gasteiger charge is -2.26. The van der Waals surface area contributed by atoms with Crippen LogP contribution < -0.4 is 5.32 Å². The number of benzene rings is 1. The SMILES string of the molecule is CCC1CC(C)=C(Nc2n[nH]c3ccccc23)C=C1C1CC1. The molecule has 0 radical (unpaired) electrons. The Labute approximate surface area is 131 Å². The summed E-state index contributed by atoms with van der Waals surface area (Å²) in [4.78, 5) is 0. The van der Waals surface area contributed by atoms with E-state index >= 15 is 0 Å². The monoisotopic (exact) mass is 293 g/mol. The van der Waals surface area contributed by atoms with Gasteiger partial charge in [-0.1, -0.05) is 24.6 Å². The maximum absolute atomic E-state index is 4.45. The van der Waals surface area contributed by atoms with Crippen LogP contribution in [0.5, 0.6) is 0 Å². The first-order valence-electron chi connectivity index (χ1n) is 8.37. The van der Waals surface area contributed by atoms with Crippen LogP contribution >= 0.6 is 0 Å². The van der Waals surface area contributed by atoms with Gasteiger partial charge in [0.2, 0.25) is 0 Å². The van der Waals surface area contributed by atoms with Crippen LogP contribution in [0.1, 0.15) is 39.5 Å². The molecule has 114 valence electrons. The van der Waals surface area contributed by atoms with Gasteiger partial charge in [0, 0.05) is 11.1 Å². The van der Waals surface area contributed by atoms with Crippen LogP contribution in [0, 0.1) is 11.8 Å². The average molecular weight is 293 g/mol. The molecular formula is C19H23N3. The summed E-state index contributed by atoms with van der Waals surface area (Å²) in [6.45, 7) is 4.56. The Bertz CT molecular complexity index is 762. The number of nitrogens with one attached hydrogen (secondary N) is 2. The van der Waals surface area contributed by atoms with E-state index in [2.05, 4.69) is 53.6 Å². The molecule has 2 aliphatic carbocycles. The molecule has 1 fully saturated rings. The first-order chi connectivity index (χ1) is 10.8. The van der Waals surface area contributed by atoms with Crippen LogP contribution in [-0.2, 0) is 0 Å². The van der Waals surface area contributed by atoms with Crippen molar-refractivity contribution >= 4 is 16.7 Å². The van der Waals surface area contributed by atoms with Crippen molar-refractivity contribution in [1.82, 2.24) is 10.2 Å². The van der Waals surface area contributed by atoms with E-state index < -0.39 is 0 Å². The fraction of sp³-hybridized carbons (Fsp3) is 0.421. The van der Waals surface area contributed by atoms with E-state index in [9.17, 15) is 0 Å². The number of aromatic amines is 1. The molecule has 2 N–H and O–H groups in total. The molecule has 0 spiro atoms. The number of rotatable bonds is 4. The highest BCUT2D eigenvalue weighted by Gasteiger charge is 2.32. The highest BCUT2D eigenvalue weighted by molar-refractivity contribution is 5.90. The van der Waals surface area contributed by atoms with E-state index in [1.165, 1.54) is 37.0 Å². The third-order valence-electron chi connectivity index (χ3n) is 5.06. The second-order valence-electron chi connectivity index (χ2n) is 6.66. The Morgan fingerprint density at radius 1 is 1.27 bits per heavy atom. The number of aromatic nitrogens is 2. The second kappa shape index (κ2) is 5.31. The number of para-hydroxylation sites is 1. The van der Waals surface area contributed by atoms with Gasteiger partial charge in [-0.15, -0.1) is 0 Å². The van der Waals surface area contributed by atoms with Crippen molar-refractivity contribution in [2.45, 2.75) is 39.5 Å². The van der Waals surface area contributed by atoms with Crippen LogP contribution in [0.2, 0.25) is 0 Å². The van der Waals surface area contributed by atoms with E-state index in [-0.39, 0.29) is 0 Å². The Morgan fingerprint density at radius 2 is 2.09 bits per heavy atom. The molecule has 2 aromatic rings. The zero-order chi connectivity index (χ0) is 15.1. The summed E-state index contributed by atoms with van der Waals surface area (Å²) in [6.07, 6.45) is 7.59. The lowest BCUT2D eigenvalue weighted by Crippen LogP contribution is -2.15. The zero-order valence-electron chi connectivity index (χ0n) is 13.3. The van der Waals surface area contributed by atoms with Gasteiger partial charge in [0.15, 0.2) is 5.82 Å². The van der Waals surface area contributed by atoms with Crippen molar-refractivity contribution in [3.05, 3.63) is 47.2 Å². The minimum atomic E-state index is 0.744. The minimum Gasteiger partial charge on any atom is -0.338 e. The van der Waals surface area contributed by atoms with Crippen molar-refractivity contribution in [3.8, 4) is 0 Å². The first-order valence-corrected chi connectivity index (χ1v) is 8.37. The zero-order valence-corrected chi connectivity index (χ0v) is 13.3. The number of anilines is 1. The van der Waals surface area contributed by atoms with Crippen molar-refractivity contribution in [2.24, 2.45) is 11.8 Å². The Balaban J connectivity index is 1.67. The maximum atomic E-state index is 4.45. The molecule has 0 bridgehead atoms. The molecule has 3 nitrogen and oxygen atoms in total. The number of hydrogen-bond donors (Lipinski definition) is 2. The van der Waals surface area contributed by atoms with Gasteiger partial charge in [-0.3, -0.25) is 5.10 Å². The third kappa shape index (κ3) is 2.35. The smallest absolute Gasteiger partial charge is 0.160 e. The third-order valence-corrected chi connectivity index (χ3v) is 5.06. The van der Waals surface area contributed by atoms with Gasteiger partial charge in [-0.05, 0) is 68.2 Å². The van der Waals surface area contributed by atoms with Gasteiger partial charge in [0.1, 0.15) is 0 Å². The summed E-state index contributed by atoms with van der Waals surface area (Å²) in [7, 11) is 0. The summed E-state index contributed by atoms with van der Waals surface area (Å²) in [6, 6.07) is 8.27. The van der Waals surface area contributed by atoms with Crippen molar-refractivity contribution in [3.63, 3.8) is 0 Å². The van der Waals surface area contributed by atoms with Crippen molar-refractivity contribution in [2.75, 3.05) is 5.32 Å². The molecule has 0 aliphatic heterocycles. The number of fused-ring (bicyclic) bond motifs is 1. The lowest BCUT2D eigenvalue weighted by molar-refractivity contribution is 0.545. The second-order valence-corrected chi connectivity index (χ2v) is 6.66. The average Bonchev–Trinajstić information content (AvgIpc) is 3.31. The van der Waals surface area contributed by atoms with Crippen LogP contribution in [0.25, 0.3) is 10.9 Å². The quantitative estimate of drug-likeness (QED) is 0.831. The van der Waals surface area contributed by atoms with Gasteiger partial charge in [-0.25, -0.2) is 0 Å². The number of allylic oxidation sites excluding steroid dienone is 3. The molecule has 22 heavy (non-hydrogen) atoms. The number of H-pyrrole nitrogens is 1. The van der Waals surface area contributed by atoms with E-state index in [1.54, 1.807) is 5.57 Å². The van der Waals surface area contributed by atoms with Gasteiger partial charge < -0.3 is 5.32 Å². The van der Waals surface area contributed by atoms with Crippen LogP contribution in [0.3, 0.4) is 0 Å². The Hall–Kier alpha value is -2.03. The van der Waals surface area contributed by atoms with E-state index in [1.807, 2.05) is 6.07 Å². The molecule has 2 aliphatic rings. The Kier molecular flexibility index (Phi) is 3.29. The van der Waals surface area contributed by atoms with Crippen molar-refractivity contribution in [1.29, 1.82) is 0 Å². The molecule has 1 aromatic carbocycles. The summed E-state index contributed by atoms with van der Waals surface area (Å²) >= 11 is 0. The molecule has 1 unspecified atom stereocenters. The van der Waals surface area contributed by atoms with Gasteiger partial charge in [0.05, 0.1) is 5.52 Å². The van der Waals surface area contributed by atoms with Crippen LogP contribution in [0.4, 0.5) is 5.82 Å². The number of hydrogen-bond acceptors (Lipinski definition) is 2. The summed E-state index contributed by atoms with van der Waals surface area (Å²) in [5.41, 5.74) is 5.44. The van der Waals surface area contributed by atoms with Gasteiger partial charge in [-0.2, -0.15) is 5.10 Å². The van der Waals surface area contributed by atoms with Gasteiger partial charge >= 0.3 is 0 Å². The normalized spacial score (nSPS) is 22.1. The van der Waals surface area contributed by atoms with E-state index in [0.29, 0.717) is 0 Å². The summed E-state index contributed by atoms with van der Waals surface area (Å²) in [5.74, 6) is 2.52. The highest BCUT2D eigenvalue weighted by Crippen LogP contribution is 2.45. The topological polar surface area (TPSA) is 40.7 Å². The standard InChI is InChI=1S/C19H23N3/c1-3-13-10-12(2)18(11-16(13)14-8-9-14)20-19-15-6-4-5-7-17(15)21-22-19/h4-7,11,13-14H,3,8-10H2,1-2H3,(H2,20,21,22). The minimum absolute atomic E-state index is 0.744. The lowest BCUT2D eigenvalue weighted by atomic mass is 9.82. The van der Waals surface area contributed by atoms with Crippen LogP contribution in [-0.4, -0.2) is 10.2 Å². The van der Waals surface area contributed by atoms with Crippen molar-refractivity contribution < 1.29 is 0 Å². The molecule has 1 aromatic heterocycles. The predicted molar refractivity (Wildman–Crippen MR) is 91.6 cm³/mol. The molecular weight excluding hydrogens is 270 g/mol. The first kappa shape index (κ1) is 13.6. The van der Waals surface area contributed by atoms with E-state index in [4.69, 9.17) is 0 Å². The molecule has 1 heterocycles. The van der Waals surface area contributed by atoms with Gasteiger partial charge in [0.25, 0.3) is 0 Å². The Morgan fingerprint density at radius 3 is 2.86 bits per heavy atom. The largest absolute Gasteiger partial charge is 0.338 e.